The van der Waals surface area contributed by atoms with Gasteiger partial charge >= 0.3 is 33.6 Å². The van der Waals surface area contributed by atoms with Gasteiger partial charge in [0.05, 0.1) is 5.91 Å². The van der Waals surface area contributed by atoms with Crippen LogP contribution < -0.4 is 11.1 Å². The van der Waals surface area contributed by atoms with E-state index < -0.39 is 23.6 Å². The van der Waals surface area contributed by atoms with Crippen molar-refractivity contribution in [1.82, 2.24) is 5.32 Å². The SMILES string of the molecule is CC.CC(C)(C)OC(=O)NCCCCC(N)C([NH-])=O.[CH3][Sn].[Re]. The molecule has 1 unspecified atom stereocenters. The minimum atomic E-state index is -0.745. The Hall–Kier alpha value is 0.161. The van der Waals surface area contributed by atoms with E-state index in [0.717, 1.165) is 0 Å². The molecule has 6 nitrogen and oxygen atoms in total. The van der Waals surface area contributed by atoms with E-state index in [2.05, 4.69) is 10.3 Å². The summed E-state index contributed by atoms with van der Waals surface area (Å²) < 4.78 is 5.04. The minimum absolute atomic E-state index is 0. The molecule has 0 rings (SSSR count). The molecule has 0 aromatic heterocycles. The largest absolute Gasteiger partial charge is 0 e. The third kappa shape index (κ3) is 25.1. The fraction of sp³-hybridized carbons (Fsp3) is 0.857. The molecule has 0 heterocycles. The molecule has 0 saturated carbocycles. The Balaban J connectivity index is -0.000000297. The maximum absolute atomic E-state index is 11.2. The smallest absolute Gasteiger partial charge is 0 e. The summed E-state index contributed by atoms with van der Waals surface area (Å²) in [7, 11) is 0. The standard InChI is InChI=1S/C11H23N3O3.C2H6.CH3.Re.Sn/c1-11(2,3)17-10(16)14-7-5-4-6-8(12)9(13)15;1-2;;;/h8H,4-7,12H2,1-3H3,(H3,13,14,15,16);1-2H3;1H3;;/p-1. The Morgan fingerprint density at radius 1 is 1.23 bits per heavy atom. The monoisotopic (exact) mass is 596 g/mol. The number of carbonyl (C=O) groups excluding carboxylic acids is 2. The van der Waals surface area contributed by atoms with Gasteiger partial charge in [-0.3, -0.25) is 0 Å². The van der Waals surface area contributed by atoms with Crippen LogP contribution in [0.25, 0.3) is 5.73 Å². The van der Waals surface area contributed by atoms with Crippen molar-refractivity contribution < 1.29 is 34.7 Å². The van der Waals surface area contributed by atoms with Crippen molar-refractivity contribution >= 4 is 34.5 Å². The summed E-state index contributed by atoms with van der Waals surface area (Å²) in [6, 6.07) is -0.712. The number of rotatable bonds is 6. The van der Waals surface area contributed by atoms with Crippen molar-refractivity contribution in [3.8, 4) is 0 Å². The topological polar surface area (TPSA) is 105 Å². The Morgan fingerprint density at radius 2 is 1.68 bits per heavy atom. The molecule has 1 atom stereocenters. The number of alkyl carbamates (subject to hydrolysis) is 1. The van der Waals surface area contributed by atoms with Gasteiger partial charge in [-0.2, -0.15) is 0 Å². The zero-order valence-electron chi connectivity index (χ0n) is 14.6. The van der Waals surface area contributed by atoms with Crippen LogP contribution in [0.5, 0.6) is 0 Å². The van der Waals surface area contributed by atoms with Gasteiger partial charge in [-0.1, -0.05) is 13.8 Å². The van der Waals surface area contributed by atoms with Gasteiger partial charge in [-0.05, 0) is 40.0 Å². The molecule has 0 saturated heterocycles. The van der Waals surface area contributed by atoms with Gasteiger partial charge in [0.1, 0.15) is 5.60 Å². The molecule has 2 amide bonds. The first-order valence-corrected chi connectivity index (χ1v) is 10.1. The van der Waals surface area contributed by atoms with E-state index in [4.69, 9.17) is 16.2 Å². The minimum Gasteiger partial charge on any atom is 0 e. The second kappa shape index (κ2) is 19.2. The van der Waals surface area contributed by atoms with Crippen LogP contribution in [0.15, 0.2) is 0 Å². The van der Waals surface area contributed by atoms with Gasteiger partial charge < -0.3 is 26.3 Å². The molecule has 4 radical (unpaired) electrons. The second-order valence-electron chi connectivity index (χ2n) is 4.90. The van der Waals surface area contributed by atoms with Crippen LogP contribution in [0.4, 0.5) is 4.79 Å². The van der Waals surface area contributed by atoms with Gasteiger partial charge in [-0.15, -0.1) is 0 Å². The summed E-state index contributed by atoms with van der Waals surface area (Å²) in [5, 5.41) is 2.61. The molecular formula is C14H31N3O3ReSn-. The van der Waals surface area contributed by atoms with Gasteiger partial charge in [0.25, 0.3) is 0 Å². The molecule has 8 heteroatoms. The van der Waals surface area contributed by atoms with E-state index in [9.17, 15) is 9.59 Å². The Labute approximate surface area is 162 Å². The summed E-state index contributed by atoms with van der Waals surface area (Å²) in [6.45, 7) is 9.87. The maximum atomic E-state index is 11.2. The molecule has 4 N–H and O–H groups in total. The Bertz CT molecular complexity index is 275. The van der Waals surface area contributed by atoms with Crippen molar-refractivity contribution in [2.45, 2.75) is 70.5 Å². The predicted octanol–water partition coefficient (Wildman–Crippen LogP) is 2.81. The fourth-order valence-corrected chi connectivity index (χ4v) is 1.12. The zero-order chi connectivity index (χ0) is 17.5. The number of carbonyl (C=O) groups is 2. The summed E-state index contributed by atoms with van der Waals surface area (Å²) in [6.07, 6.45) is 1.43. The maximum Gasteiger partial charge on any atom is 0 e. The Morgan fingerprint density at radius 3 is 2.05 bits per heavy atom. The number of nitrogens with one attached hydrogen (secondary N) is 2. The average Bonchev–Trinajstić information content (AvgIpc) is 2.40. The van der Waals surface area contributed by atoms with E-state index in [1.165, 1.54) is 0 Å². The van der Waals surface area contributed by atoms with Crippen molar-refractivity contribution in [2.24, 2.45) is 5.73 Å². The predicted molar refractivity (Wildman–Crippen MR) is 88.4 cm³/mol. The third-order valence-corrected chi connectivity index (χ3v) is 1.95. The summed E-state index contributed by atoms with van der Waals surface area (Å²) in [4.78, 5) is 23.8. The Kier molecular flexibility index (Phi) is 26.3. The van der Waals surface area contributed by atoms with E-state index in [1.54, 1.807) is 43.3 Å². The first-order chi connectivity index (χ1) is 9.72. The summed E-state index contributed by atoms with van der Waals surface area (Å²) in [5.74, 6) is -0.745. The van der Waals surface area contributed by atoms with Crippen LogP contribution in [0.2, 0.25) is 4.94 Å². The summed E-state index contributed by atoms with van der Waals surface area (Å²) >= 11 is 1.55. The molecule has 0 spiro atoms. The molecular weight excluding hydrogens is 563 g/mol. The number of unbranched alkanes of at least 4 members (excludes halogenated alkanes) is 1. The first-order valence-electron chi connectivity index (χ1n) is 7.20. The zero-order valence-corrected chi connectivity index (χ0v) is 20.2. The average molecular weight is 594 g/mol. The normalized spacial score (nSPS) is 10.5. The number of nitrogens with two attached hydrogens (primary N) is 1. The molecule has 0 bridgehead atoms. The molecule has 0 aromatic carbocycles. The van der Waals surface area contributed by atoms with Gasteiger partial charge in [0.2, 0.25) is 0 Å². The van der Waals surface area contributed by atoms with Gasteiger partial charge in [-0.25, -0.2) is 4.79 Å². The molecule has 22 heavy (non-hydrogen) atoms. The summed E-state index contributed by atoms with van der Waals surface area (Å²) in [5.41, 5.74) is 11.7. The molecule has 132 valence electrons. The second-order valence-corrected chi connectivity index (χ2v) is 4.90. The molecule has 0 aliphatic carbocycles. The molecule has 0 aliphatic heterocycles. The van der Waals surface area contributed by atoms with Crippen LogP contribution in [-0.2, 0) is 30.0 Å². The van der Waals surface area contributed by atoms with Crippen molar-refractivity contribution in [2.75, 3.05) is 6.54 Å². The van der Waals surface area contributed by atoms with E-state index in [1.807, 2.05) is 13.8 Å². The number of hydrogen-bond acceptors (Lipinski definition) is 4. The van der Waals surface area contributed by atoms with Crippen molar-refractivity contribution in [3.05, 3.63) is 5.73 Å². The van der Waals surface area contributed by atoms with E-state index in [0.29, 0.717) is 25.8 Å². The van der Waals surface area contributed by atoms with Crippen LogP contribution in [0.1, 0.15) is 53.9 Å². The third-order valence-electron chi connectivity index (χ3n) is 1.95. The van der Waals surface area contributed by atoms with E-state index >= 15 is 0 Å². The number of ether oxygens (including phenoxy) is 1. The van der Waals surface area contributed by atoms with Crippen molar-refractivity contribution in [1.29, 1.82) is 0 Å². The van der Waals surface area contributed by atoms with Crippen LogP contribution in [0, 0.1) is 0 Å². The van der Waals surface area contributed by atoms with Crippen LogP contribution in [0.3, 0.4) is 0 Å². The van der Waals surface area contributed by atoms with Gasteiger partial charge in [0.15, 0.2) is 0 Å². The molecule has 0 aliphatic rings. The fourth-order valence-electron chi connectivity index (χ4n) is 1.12. The van der Waals surface area contributed by atoms with E-state index in [-0.39, 0.29) is 20.4 Å². The quantitative estimate of drug-likeness (QED) is 0.365. The van der Waals surface area contributed by atoms with Crippen molar-refractivity contribution in [3.63, 3.8) is 0 Å². The number of amides is 2. The van der Waals surface area contributed by atoms with Gasteiger partial charge in [0, 0.05) is 33.0 Å². The number of hydrogen-bond donors (Lipinski definition) is 2. The first kappa shape index (κ1) is 30.1. The van der Waals surface area contributed by atoms with Crippen LogP contribution >= 0.6 is 0 Å². The molecule has 0 aromatic rings. The van der Waals surface area contributed by atoms with Crippen LogP contribution in [-0.4, -0.2) is 52.7 Å². The molecule has 0 fully saturated rings.